The molecular weight excluding hydrogens is 344 g/mol. The maximum atomic E-state index is 11.6. The lowest BCUT2D eigenvalue weighted by Crippen LogP contribution is -2.40. The van der Waals surface area contributed by atoms with E-state index in [0.717, 1.165) is 0 Å². The lowest BCUT2D eigenvalue weighted by molar-refractivity contribution is -0.137. The third-order valence-electron chi connectivity index (χ3n) is 2.20. The van der Waals surface area contributed by atoms with Crippen molar-refractivity contribution in [1.29, 1.82) is 5.26 Å². The standard InChI is InChI=1S/C12H11BrN4O4/c13-8-1-2-9(7(3-8)4-14)17-12(21)16-5-10(18)15-6-11(19)20/h1-3H,5-6H2,(H,15,18)(H,19,20)(H2,16,17,21). The number of hydrogen-bond donors (Lipinski definition) is 4. The van der Waals surface area contributed by atoms with Gasteiger partial charge < -0.3 is 21.1 Å². The Balaban J connectivity index is 2.49. The predicted molar refractivity (Wildman–Crippen MR) is 76.5 cm³/mol. The number of carbonyl (C=O) groups excluding carboxylic acids is 2. The molecule has 0 fully saturated rings. The quantitative estimate of drug-likeness (QED) is 0.616. The average molecular weight is 355 g/mol. The van der Waals surface area contributed by atoms with Crippen molar-refractivity contribution >= 4 is 39.5 Å². The molecule has 0 saturated carbocycles. The van der Waals surface area contributed by atoms with Crippen LogP contribution in [-0.2, 0) is 9.59 Å². The first-order valence-corrected chi connectivity index (χ1v) is 6.44. The van der Waals surface area contributed by atoms with Gasteiger partial charge in [-0.1, -0.05) is 15.9 Å². The number of rotatable bonds is 5. The molecule has 0 radical (unpaired) electrons. The van der Waals surface area contributed by atoms with E-state index in [1.54, 1.807) is 6.07 Å². The number of nitrogens with zero attached hydrogens (tertiary/aromatic N) is 1. The van der Waals surface area contributed by atoms with Crippen LogP contribution in [0.2, 0.25) is 0 Å². The maximum Gasteiger partial charge on any atom is 0.322 e. The van der Waals surface area contributed by atoms with E-state index in [9.17, 15) is 14.4 Å². The summed E-state index contributed by atoms with van der Waals surface area (Å²) in [6.07, 6.45) is 0. The number of carbonyl (C=O) groups is 3. The lowest BCUT2D eigenvalue weighted by atomic mass is 10.2. The van der Waals surface area contributed by atoms with Gasteiger partial charge in [-0.15, -0.1) is 0 Å². The summed E-state index contributed by atoms with van der Waals surface area (Å²) in [6, 6.07) is 5.96. The highest BCUT2D eigenvalue weighted by Gasteiger charge is 2.09. The molecule has 3 amide bonds. The Morgan fingerprint density at radius 1 is 1.24 bits per heavy atom. The van der Waals surface area contributed by atoms with Gasteiger partial charge in [-0.25, -0.2) is 4.79 Å². The SMILES string of the molecule is N#Cc1cc(Br)ccc1NC(=O)NCC(=O)NCC(=O)O. The minimum atomic E-state index is -1.18. The summed E-state index contributed by atoms with van der Waals surface area (Å²) in [7, 11) is 0. The predicted octanol–water partition coefficient (Wildman–Crippen LogP) is 0.643. The van der Waals surface area contributed by atoms with E-state index in [0.29, 0.717) is 10.2 Å². The Morgan fingerprint density at radius 3 is 2.57 bits per heavy atom. The van der Waals surface area contributed by atoms with Crippen LogP contribution < -0.4 is 16.0 Å². The van der Waals surface area contributed by atoms with Gasteiger partial charge in [0, 0.05) is 4.47 Å². The molecule has 1 aromatic rings. The topological polar surface area (TPSA) is 131 Å². The maximum absolute atomic E-state index is 11.6. The van der Waals surface area contributed by atoms with Crippen molar-refractivity contribution in [2.75, 3.05) is 18.4 Å². The zero-order valence-corrected chi connectivity index (χ0v) is 12.2. The number of nitriles is 1. The Kier molecular flexibility index (Phi) is 6.16. The molecule has 0 aliphatic heterocycles. The molecule has 9 heteroatoms. The van der Waals surface area contributed by atoms with Crippen LogP contribution in [0.25, 0.3) is 0 Å². The molecule has 8 nitrogen and oxygen atoms in total. The number of anilines is 1. The van der Waals surface area contributed by atoms with Gasteiger partial charge in [0.1, 0.15) is 12.6 Å². The highest BCUT2D eigenvalue weighted by atomic mass is 79.9. The highest BCUT2D eigenvalue weighted by Crippen LogP contribution is 2.19. The van der Waals surface area contributed by atoms with Gasteiger partial charge in [-0.3, -0.25) is 9.59 Å². The number of benzene rings is 1. The van der Waals surface area contributed by atoms with E-state index in [-0.39, 0.29) is 12.1 Å². The first kappa shape index (κ1) is 16.5. The van der Waals surface area contributed by atoms with Crippen molar-refractivity contribution < 1.29 is 19.5 Å². The van der Waals surface area contributed by atoms with E-state index in [2.05, 4.69) is 31.9 Å². The van der Waals surface area contributed by atoms with Gasteiger partial charge in [0.25, 0.3) is 0 Å². The van der Waals surface area contributed by atoms with E-state index in [1.165, 1.54) is 12.1 Å². The third-order valence-corrected chi connectivity index (χ3v) is 2.69. The molecule has 1 rings (SSSR count). The summed E-state index contributed by atoms with van der Waals surface area (Å²) in [5, 5.41) is 24.1. The number of carboxylic acids is 1. The van der Waals surface area contributed by atoms with E-state index < -0.39 is 24.5 Å². The zero-order chi connectivity index (χ0) is 15.8. The fourth-order valence-electron chi connectivity index (χ4n) is 1.28. The number of aliphatic carboxylic acids is 1. The van der Waals surface area contributed by atoms with Crippen LogP contribution in [0.3, 0.4) is 0 Å². The van der Waals surface area contributed by atoms with Crippen molar-refractivity contribution in [3.63, 3.8) is 0 Å². The molecule has 0 spiro atoms. The van der Waals surface area contributed by atoms with Crippen molar-refractivity contribution in [2.24, 2.45) is 0 Å². The van der Waals surface area contributed by atoms with Gasteiger partial charge in [0.05, 0.1) is 17.8 Å². The van der Waals surface area contributed by atoms with Gasteiger partial charge >= 0.3 is 12.0 Å². The minimum absolute atomic E-state index is 0.259. The monoisotopic (exact) mass is 354 g/mol. The summed E-state index contributed by atoms with van der Waals surface area (Å²) in [4.78, 5) is 33.0. The molecule has 1 aromatic carbocycles. The third kappa shape index (κ3) is 5.92. The van der Waals surface area contributed by atoms with Crippen LogP contribution >= 0.6 is 15.9 Å². The van der Waals surface area contributed by atoms with Crippen LogP contribution in [0.1, 0.15) is 5.56 Å². The van der Waals surface area contributed by atoms with Crippen LogP contribution in [-0.4, -0.2) is 36.1 Å². The zero-order valence-electron chi connectivity index (χ0n) is 10.6. The number of nitrogens with one attached hydrogen (secondary N) is 3. The highest BCUT2D eigenvalue weighted by molar-refractivity contribution is 9.10. The summed E-state index contributed by atoms with van der Waals surface area (Å²) in [6.45, 7) is -0.898. The lowest BCUT2D eigenvalue weighted by Gasteiger charge is -2.09. The summed E-state index contributed by atoms with van der Waals surface area (Å²) >= 11 is 3.20. The molecule has 0 bridgehead atoms. The van der Waals surface area contributed by atoms with E-state index in [4.69, 9.17) is 10.4 Å². The molecule has 0 aromatic heterocycles. The molecule has 0 heterocycles. The van der Waals surface area contributed by atoms with Gasteiger partial charge in [-0.05, 0) is 18.2 Å². The van der Waals surface area contributed by atoms with Gasteiger partial charge in [0.15, 0.2) is 0 Å². The summed E-state index contributed by atoms with van der Waals surface area (Å²) in [5.74, 6) is -1.81. The molecular formula is C12H11BrN4O4. The van der Waals surface area contributed by atoms with Crippen molar-refractivity contribution in [3.8, 4) is 6.07 Å². The molecule has 0 aliphatic rings. The number of amides is 3. The van der Waals surface area contributed by atoms with E-state index in [1.807, 2.05) is 6.07 Å². The number of urea groups is 1. The number of hydrogen-bond acceptors (Lipinski definition) is 4. The van der Waals surface area contributed by atoms with Gasteiger partial charge in [-0.2, -0.15) is 5.26 Å². The smallest absolute Gasteiger partial charge is 0.322 e. The Bertz CT molecular complexity index is 612. The summed E-state index contributed by atoms with van der Waals surface area (Å²) in [5.41, 5.74) is 0.555. The Hall–Kier alpha value is -2.60. The normalized spacial score (nSPS) is 9.33. The van der Waals surface area contributed by atoms with Crippen LogP contribution in [0.4, 0.5) is 10.5 Å². The minimum Gasteiger partial charge on any atom is -0.480 e. The van der Waals surface area contributed by atoms with Crippen molar-refractivity contribution in [1.82, 2.24) is 10.6 Å². The summed E-state index contributed by atoms with van der Waals surface area (Å²) < 4.78 is 0.693. The second kappa shape index (κ2) is 7.86. The second-order valence-corrected chi connectivity index (χ2v) is 4.70. The van der Waals surface area contributed by atoms with Crippen LogP contribution in [0.15, 0.2) is 22.7 Å². The first-order chi connectivity index (χ1) is 9.92. The first-order valence-electron chi connectivity index (χ1n) is 5.65. The second-order valence-electron chi connectivity index (χ2n) is 3.78. The van der Waals surface area contributed by atoms with E-state index >= 15 is 0 Å². The molecule has 0 aliphatic carbocycles. The van der Waals surface area contributed by atoms with Crippen LogP contribution in [0, 0.1) is 11.3 Å². The Morgan fingerprint density at radius 2 is 1.95 bits per heavy atom. The average Bonchev–Trinajstić information content (AvgIpc) is 2.44. The fourth-order valence-corrected chi connectivity index (χ4v) is 1.64. The van der Waals surface area contributed by atoms with Crippen molar-refractivity contribution in [3.05, 3.63) is 28.2 Å². The van der Waals surface area contributed by atoms with Gasteiger partial charge in [0.2, 0.25) is 5.91 Å². The van der Waals surface area contributed by atoms with Crippen LogP contribution in [0.5, 0.6) is 0 Å². The number of halogens is 1. The number of carboxylic acid groups (broad SMARTS) is 1. The molecule has 0 atom stereocenters. The molecule has 110 valence electrons. The molecule has 4 N–H and O–H groups in total. The largest absolute Gasteiger partial charge is 0.480 e. The molecule has 0 saturated heterocycles. The molecule has 21 heavy (non-hydrogen) atoms. The molecule has 0 unspecified atom stereocenters. The Labute approximate surface area is 128 Å². The van der Waals surface area contributed by atoms with Crippen molar-refractivity contribution in [2.45, 2.75) is 0 Å². The fraction of sp³-hybridized carbons (Fsp3) is 0.167.